The van der Waals surface area contributed by atoms with Gasteiger partial charge < -0.3 is 9.47 Å². The molecule has 6 nitrogen and oxygen atoms in total. The molecular weight excluding hydrogens is 360 g/mol. The summed E-state index contributed by atoms with van der Waals surface area (Å²) < 4.78 is 12.6. The van der Waals surface area contributed by atoms with Gasteiger partial charge in [-0.3, -0.25) is 0 Å². The number of methoxy groups -OCH3 is 1. The monoisotopic (exact) mass is 380 g/mol. The fourth-order valence-electron chi connectivity index (χ4n) is 2.86. The van der Waals surface area contributed by atoms with E-state index in [-0.39, 0.29) is 0 Å². The van der Waals surface area contributed by atoms with Crippen LogP contribution in [0.5, 0.6) is 11.5 Å². The van der Waals surface area contributed by atoms with Crippen molar-refractivity contribution in [3.05, 3.63) is 65.5 Å². The number of benzene rings is 2. The predicted molar refractivity (Wildman–Crippen MR) is 106 cm³/mol. The molecule has 0 radical (unpaired) electrons. The number of nitrogens with zero attached hydrogens (tertiary/aromatic N) is 4. The largest absolute Gasteiger partial charge is 0.497 e. The van der Waals surface area contributed by atoms with E-state index in [0.717, 1.165) is 45.1 Å². The molecule has 2 aromatic carbocycles. The SMILES string of the molecule is CCOc1ccc(Cc2nnc3n2N=C(c2ccc(OC)cc2)CS3)cc1. The van der Waals surface area contributed by atoms with E-state index >= 15 is 0 Å². The Bertz CT molecular complexity index is 949. The van der Waals surface area contributed by atoms with Crippen LogP contribution in [0, 0.1) is 0 Å². The van der Waals surface area contributed by atoms with Crippen LogP contribution in [0.25, 0.3) is 0 Å². The maximum absolute atomic E-state index is 5.50. The molecule has 1 aromatic heterocycles. The summed E-state index contributed by atoms with van der Waals surface area (Å²) in [4.78, 5) is 0. The van der Waals surface area contributed by atoms with Gasteiger partial charge in [0, 0.05) is 12.2 Å². The summed E-state index contributed by atoms with van der Waals surface area (Å²) in [5, 5.41) is 14.2. The van der Waals surface area contributed by atoms with E-state index in [1.54, 1.807) is 18.9 Å². The normalized spacial score (nSPS) is 13.0. The highest BCUT2D eigenvalue weighted by atomic mass is 32.2. The van der Waals surface area contributed by atoms with E-state index in [1.165, 1.54) is 0 Å². The van der Waals surface area contributed by atoms with Crippen LogP contribution in [0.1, 0.15) is 23.9 Å². The van der Waals surface area contributed by atoms with E-state index in [9.17, 15) is 0 Å². The molecule has 27 heavy (non-hydrogen) atoms. The van der Waals surface area contributed by atoms with Crippen LogP contribution in [-0.2, 0) is 6.42 Å². The van der Waals surface area contributed by atoms with Gasteiger partial charge in [0.05, 0.1) is 19.4 Å². The second-order valence-corrected chi connectivity index (χ2v) is 6.97. The van der Waals surface area contributed by atoms with E-state index in [2.05, 4.69) is 22.3 Å². The summed E-state index contributed by atoms with van der Waals surface area (Å²) in [7, 11) is 1.67. The Morgan fingerprint density at radius 3 is 2.44 bits per heavy atom. The zero-order valence-corrected chi connectivity index (χ0v) is 16.1. The third-order valence-electron chi connectivity index (χ3n) is 4.26. The van der Waals surface area contributed by atoms with Crippen molar-refractivity contribution in [2.24, 2.45) is 5.10 Å². The molecule has 0 amide bonds. The predicted octanol–water partition coefficient (Wildman–Crippen LogP) is 3.63. The van der Waals surface area contributed by atoms with E-state index < -0.39 is 0 Å². The van der Waals surface area contributed by atoms with Crippen LogP contribution in [0.15, 0.2) is 58.8 Å². The molecule has 2 heterocycles. The Morgan fingerprint density at radius 1 is 1.00 bits per heavy atom. The molecule has 0 bridgehead atoms. The standard InChI is InChI=1S/C20H20N4O2S/c1-3-26-17-8-4-14(5-9-17)12-19-21-22-20-24(19)23-18(13-27-20)15-6-10-16(25-2)11-7-15/h4-11H,3,12-13H2,1-2H3. The number of hydrogen-bond donors (Lipinski definition) is 0. The first-order valence-electron chi connectivity index (χ1n) is 8.78. The minimum atomic E-state index is 0.664. The van der Waals surface area contributed by atoms with Crippen LogP contribution in [0.3, 0.4) is 0 Å². The van der Waals surface area contributed by atoms with Gasteiger partial charge in [0.2, 0.25) is 5.16 Å². The summed E-state index contributed by atoms with van der Waals surface area (Å²) >= 11 is 1.65. The lowest BCUT2D eigenvalue weighted by atomic mass is 10.1. The molecule has 3 aromatic rings. The molecular formula is C20H20N4O2S. The third-order valence-corrected chi connectivity index (χ3v) is 5.19. The van der Waals surface area contributed by atoms with Crippen molar-refractivity contribution in [2.75, 3.05) is 19.5 Å². The van der Waals surface area contributed by atoms with Crippen molar-refractivity contribution in [3.8, 4) is 11.5 Å². The molecule has 0 N–H and O–H groups in total. The van der Waals surface area contributed by atoms with Crippen molar-refractivity contribution in [1.82, 2.24) is 14.9 Å². The van der Waals surface area contributed by atoms with Crippen molar-refractivity contribution >= 4 is 17.5 Å². The van der Waals surface area contributed by atoms with Crippen LogP contribution in [-0.4, -0.2) is 40.1 Å². The van der Waals surface area contributed by atoms with Crippen LogP contribution in [0.4, 0.5) is 0 Å². The minimum Gasteiger partial charge on any atom is -0.497 e. The fraction of sp³-hybridized carbons (Fsp3) is 0.250. The number of hydrogen-bond acceptors (Lipinski definition) is 6. The molecule has 0 fully saturated rings. The number of ether oxygens (including phenoxy) is 2. The first-order chi connectivity index (χ1) is 13.3. The molecule has 0 unspecified atom stereocenters. The maximum atomic E-state index is 5.50. The van der Waals surface area contributed by atoms with Gasteiger partial charge in [-0.1, -0.05) is 23.9 Å². The van der Waals surface area contributed by atoms with Crippen LogP contribution >= 0.6 is 11.8 Å². The van der Waals surface area contributed by atoms with Crippen molar-refractivity contribution in [1.29, 1.82) is 0 Å². The molecule has 0 spiro atoms. The van der Waals surface area contributed by atoms with Gasteiger partial charge in [0.1, 0.15) is 11.5 Å². The van der Waals surface area contributed by atoms with Gasteiger partial charge in [-0.05, 0) is 54.4 Å². The lowest BCUT2D eigenvalue weighted by Crippen LogP contribution is -2.14. The van der Waals surface area contributed by atoms with Gasteiger partial charge in [-0.25, -0.2) is 0 Å². The lowest BCUT2D eigenvalue weighted by Gasteiger charge is -2.14. The minimum absolute atomic E-state index is 0.664. The lowest BCUT2D eigenvalue weighted by molar-refractivity contribution is 0.340. The zero-order valence-electron chi connectivity index (χ0n) is 15.3. The molecule has 138 valence electrons. The summed E-state index contributed by atoms with van der Waals surface area (Å²) in [6, 6.07) is 16.0. The smallest absolute Gasteiger partial charge is 0.212 e. The summed E-state index contributed by atoms with van der Waals surface area (Å²) in [5.41, 5.74) is 3.22. The summed E-state index contributed by atoms with van der Waals surface area (Å²) in [5.74, 6) is 3.31. The van der Waals surface area contributed by atoms with Gasteiger partial charge in [0.15, 0.2) is 5.82 Å². The molecule has 0 aliphatic carbocycles. The highest BCUT2D eigenvalue weighted by molar-refractivity contribution is 7.99. The van der Waals surface area contributed by atoms with E-state index in [0.29, 0.717) is 13.0 Å². The van der Waals surface area contributed by atoms with Gasteiger partial charge in [-0.15, -0.1) is 10.2 Å². The first-order valence-corrected chi connectivity index (χ1v) is 9.76. The van der Waals surface area contributed by atoms with E-state index in [4.69, 9.17) is 14.6 Å². The van der Waals surface area contributed by atoms with Crippen molar-refractivity contribution in [2.45, 2.75) is 18.5 Å². The van der Waals surface area contributed by atoms with Crippen molar-refractivity contribution in [3.63, 3.8) is 0 Å². The topological polar surface area (TPSA) is 61.5 Å². The number of rotatable bonds is 6. The second-order valence-electron chi connectivity index (χ2n) is 6.03. The van der Waals surface area contributed by atoms with Gasteiger partial charge in [0.25, 0.3) is 0 Å². The third kappa shape index (κ3) is 3.83. The Kier molecular flexibility index (Phi) is 5.11. The van der Waals surface area contributed by atoms with E-state index in [1.807, 2.05) is 48.0 Å². The average Bonchev–Trinajstić information content (AvgIpc) is 3.12. The number of fused-ring (bicyclic) bond motifs is 1. The Labute approximate surface area is 162 Å². The first kappa shape index (κ1) is 17.6. The molecule has 1 aliphatic heterocycles. The highest BCUT2D eigenvalue weighted by Gasteiger charge is 2.20. The quantitative estimate of drug-likeness (QED) is 0.653. The second kappa shape index (κ2) is 7.84. The summed E-state index contributed by atoms with van der Waals surface area (Å²) in [6.07, 6.45) is 0.666. The molecule has 0 saturated carbocycles. The number of aromatic nitrogens is 3. The van der Waals surface area contributed by atoms with Gasteiger partial charge >= 0.3 is 0 Å². The Balaban J connectivity index is 1.58. The fourth-order valence-corrected chi connectivity index (χ4v) is 3.71. The Hall–Kier alpha value is -2.80. The Morgan fingerprint density at radius 2 is 1.74 bits per heavy atom. The van der Waals surface area contributed by atoms with Crippen molar-refractivity contribution < 1.29 is 9.47 Å². The number of thioether (sulfide) groups is 1. The van der Waals surface area contributed by atoms with Crippen LogP contribution < -0.4 is 9.47 Å². The molecule has 7 heteroatoms. The highest BCUT2D eigenvalue weighted by Crippen LogP contribution is 2.26. The van der Waals surface area contributed by atoms with Crippen LogP contribution in [0.2, 0.25) is 0 Å². The zero-order chi connectivity index (χ0) is 18.6. The average molecular weight is 380 g/mol. The maximum Gasteiger partial charge on any atom is 0.212 e. The van der Waals surface area contributed by atoms with Gasteiger partial charge in [-0.2, -0.15) is 9.78 Å². The molecule has 4 rings (SSSR count). The molecule has 0 saturated heterocycles. The molecule has 0 atom stereocenters. The summed E-state index contributed by atoms with van der Waals surface area (Å²) in [6.45, 7) is 2.64. The molecule has 1 aliphatic rings.